The van der Waals surface area contributed by atoms with Crippen LogP contribution in [0.5, 0.6) is 0 Å². The maximum absolute atomic E-state index is 2.32. The van der Waals surface area contributed by atoms with Crippen molar-refractivity contribution in [2.24, 2.45) is 0 Å². The second-order valence-corrected chi connectivity index (χ2v) is 5.99. The Hall–Kier alpha value is -0.0157. The van der Waals surface area contributed by atoms with Crippen LogP contribution in [0.2, 0.25) is 0 Å². The molecule has 0 aliphatic heterocycles. The van der Waals surface area contributed by atoms with Crippen molar-refractivity contribution < 1.29 is 21.7 Å². The van der Waals surface area contributed by atoms with Crippen LogP contribution in [0.15, 0.2) is 18.2 Å². The van der Waals surface area contributed by atoms with Crippen LogP contribution >= 0.6 is 22.7 Å². The maximum atomic E-state index is 2.32. The molecule has 0 bridgehead atoms. The van der Waals surface area contributed by atoms with Gasteiger partial charge in [-0.3, -0.25) is 0 Å². The summed E-state index contributed by atoms with van der Waals surface area (Å²) in [6.07, 6.45) is 0. The van der Waals surface area contributed by atoms with Crippen molar-refractivity contribution in [1.29, 1.82) is 0 Å². The van der Waals surface area contributed by atoms with Crippen LogP contribution in [0, 0.1) is 28.7 Å². The van der Waals surface area contributed by atoms with E-state index in [0.29, 0.717) is 0 Å². The number of hydrogen-bond acceptors (Lipinski definition) is 2. The SMILES string of the molecule is Cc1cc2c([cH-]c3sc(C)cc32)s1.[CH3-].[CH3-].[Ti+3]. The smallest absolute Gasteiger partial charge is 0.358 e. The van der Waals surface area contributed by atoms with Gasteiger partial charge in [-0.05, 0) is 23.6 Å². The Labute approximate surface area is 121 Å². The molecule has 3 heteroatoms. The first kappa shape index (κ1) is 16.0. The third-order valence-corrected chi connectivity index (χ3v) is 4.32. The van der Waals surface area contributed by atoms with E-state index in [4.69, 9.17) is 0 Å². The molecule has 3 aromatic rings. The van der Waals surface area contributed by atoms with Gasteiger partial charge in [-0.2, -0.15) is 33.4 Å². The summed E-state index contributed by atoms with van der Waals surface area (Å²) in [7, 11) is 0. The zero-order chi connectivity index (χ0) is 9.00. The zero-order valence-corrected chi connectivity index (χ0v) is 13.2. The third kappa shape index (κ3) is 2.30. The Bertz CT molecular complexity index is 532. The van der Waals surface area contributed by atoms with Crippen LogP contribution in [0.25, 0.3) is 20.2 Å². The van der Waals surface area contributed by atoms with Gasteiger partial charge in [-0.25, -0.2) is 0 Å². The summed E-state index contributed by atoms with van der Waals surface area (Å²) < 4.78 is 2.89. The molecule has 0 nitrogen and oxygen atoms in total. The van der Waals surface area contributed by atoms with E-state index in [-0.39, 0.29) is 36.6 Å². The van der Waals surface area contributed by atoms with E-state index >= 15 is 0 Å². The Morgan fingerprint density at radius 1 is 0.875 bits per heavy atom. The van der Waals surface area contributed by atoms with E-state index in [1.54, 1.807) is 0 Å². The fraction of sp³-hybridized carbons (Fsp3) is 0.154. The van der Waals surface area contributed by atoms with Gasteiger partial charge in [0.15, 0.2) is 0 Å². The average molecular weight is 283 g/mol. The zero-order valence-electron chi connectivity index (χ0n) is 10.0. The van der Waals surface area contributed by atoms with Crippen molar-refractivity contribution >= 4 is 42.8 Å². The van der Waals surface area contributed by atoms with Crippen molar-refractivity contribution in [3.63, 3.8) is 0 Å². The molecule has 0 saturated carbocycles. The minimum absolute atomic E-state index is 0. The van der Waals surface area contributed by atoms with Crippen LogP contribution in [0.4, 0.5) is 0 Å². The van der Waals surface area contributed by atoms with Crippen LogP contribution in [0.3, 0.4) is 0 Å². The Balaban J connectivity index is 0.000000750. The molecule has 0 spiro atoms. The molecule has 1 aromatic carbocycles. The molecule has 0 amide bonds. The van der Waals surface area contributed by atoms with Gasteiger partial charge in [0.2, 0.25) is 0 Å². The molecular weight excluding hydrogens is 268 g/mol. The molecule has 0 fully saturated rings. The number of fused-ring (bicyclic) bond motifs is 3. The van der Waals surface area contributed by atoms with Crippen LogP contribution in [-0.4, -0.2) is 0 Å². The molecule has 0 aliphatic carbocycles. The van der Waals surface area contributed by atoms with E-state index in [1.165, 1.54) is 29.9 Å². The summed E-state index contributed by atoms with van der Waals surface area (Å²) in [6.45, 7) is 4.35. The van der Waals surface area contributed by atoms with Gasteiger partial charge in [0.25, 0.3) is 0 Å². The number of aryl methyl sites for hydroxylation is 2. The van der Waals surface area contributed by atoms with Gasteiger partial charge >= 0.3 is 21.7 Å². The average Bonchev–Trinajstić information content (AvgIpc) is 2.60. The van der Waals surface area contributed by atoms with Crippen LogP contribution in [-0.2, 0) is 21.7 Å². The van der Waals surface area contributed by atoms with Crippen molar-refractivity contribution in [3.8, 4) is 0 Å². The van der Waals surface area contributed by atoms with Crippen molar-refractivity contribution in [1.82, 2.24) is 0 Å². The van der Waals surface area contributed by atoms with Gasteiger partial charge in [-0.15, -0.1) is 18.2 Å². The summed E-state index contributed by atoms with van der Waals surface area (Å²) in [4.78, 5) is 2.83. The van der Waals surface area contributed by atoms with Gasteiger partial charge < -0.3 is 14.9 Å². The van der Waals surface area contributed by atoms with Crippen molar-refractivity contribution in [2.45, 2.75) is 13.8 Å². The molecule has 0 N–H and O–H groups in total. The molecular formula is C13H15S2Ti. The first-order valence-corrected chi connectivity index (χ1v) is 5.93. The third-order valence-electron chi connectivity index (χ3n) is 2.32. The molecule has 1 radical (unpaired) electrons. The molecule has 83 valence electrons. The molecule has 0 atom stereocenters. The molecule has 2 heterocycles. The van der Waals surface area contributed by atoms with Crippen molar-refractivity contribution in [3.05, 3.63) is 42.8 Å². The second kappa shape index (κ2) is 5.55. The van der Waals surface area contributed by atoms with Crippen LogP contribution in [0.1, 0.15) is 9.75 Å². The van der Waals surface area contributed by atoms with E-state index in [0.717, 1.165) is 0 Å². The molecule has 16 heavy (non-hydrogen) atoms. The van der Waals surface area contributed by atoms with Crippen molar-refractivity contribution in [2.75, 3.05) is 0 Å². The molecule has 0 unspecified atom stereocenters. The summed E-state index contributed by atoms with van der Waals surface area (Å²) in [5.41, 5.74) is 0. The molecule has 2 aromatic heterocycles. The normalized spacial score (nSPS) is 9.62. The summed E-state index contributed by atoms with van der Waals surface area (Å²) in [5.74, 6) is 0. The minimum Gasteiger partial charge on any atom is -0.358 e. The monoisotopic (exact) mass is 283 g/mol. The first-order valence-electron chi connectivity index (χ1n) is 4.30. The fourth-order valence-electron chi connectivity index (χ4n) is 1.82. The number of hydrogen-bond donors (Lipinski definition) is 0. The fourth-order valence-corrected chi connectivity index (χ4v) is 3.85. The number of thiophene rings is 2. The largest absolute Gasteiger partial charge is 3.00 e. The summed E-state index contributed by atoms with van der Waals surface area (Å²) >= 11 is 3.79. The van der Waals surface area contributed by atoms with Gasteiger partial charge in [0.05, 0.1) is 0 Å². The van der Waals surface area contributed by atoms with Gasteiger partial charge in [0, 0.05) is 0 Å². The molecule has 3 rings (SSSR count). The van der Waals surface area contributed by atoms with Gasteiger partial charge in [-0.1, -0.05) is 9.40 Å². The Morgan fingerprint density at radius 2 is 1.25 bits per heavy atom. The minimum atomic E-state index is 0. The maximum Gasteiger partial charge on any atom is 3.00 e. The molecule has 0 saturated heterocycles. The molecule has 0 aliphatic rings. The quantitative estimate of drug-likeness (QED) is 0.385. The Kier molecular flexibility index (Phi) is 5.54. The van der Waals surface area contributed by atoms with E-state index in [9.17, 15) is 0 Å². The second-order valence-electron chi connectivity index (χ2n) is 3.41. The van der Waals surface area contributed by atoms with E-state index in [2.05, 4.69) is 32.0 Å². The van der Waals surface area contributed by atoms with Crippen LogP contribution < -0.4 is 0 Å². The first-order chi connectivity index (χ1) is 6.24. The standard InChI is InChI=1S/C11H9S2.2CH3.Ti/c1-6-3-8-9-4-7(2)13-11(9)5-10(8)12-6;;;/h3-5H,1-2H3;2*1H3;/q3*-1;+3. The topological polar surface area (TPSA) is 0 Å². The van der Waals surface area contributed by atoms with Gasteiger partial charge in [0.1, 0.15) is 0 Å². The predicted octanol–water partition coefficient (Wildman–Crippen LogP) is 5.35. The Morgan fingerprint density at radius 3 is 1.62 bits per heavy atom. The van der Waals surface area contributed by atoms with E-state index < -0.39 is 0 Å². The predicted molar refractivity (Wildman–Crippen MR) is 75.1 cm³/mol. The summed E-state index contributed by atoms with van der Waals surface area (Å²) in [6, 6.07) is 6.92. The van der Waals surface area contributed by atoms with E-state index in [1.807, 2.05) is 22.7 Å². The number of rotatable bonds is 0. The summed E-state index contributed by atoms with van der Waals surface area (Å²) in [5, 5.41) is 2.89.